The Morgan fingerprint density at radius 3 is 1.79 bits per heavy atom. The van der Waals surface area contributed by atoms with Crippen molar-refractivity contribution in [1.29, 1.82) is 0 Å². The second-order valence-corrected chi connectivity index (χ2v) is 9.79. The summed E-state index contributed by atoms with van der Waals surface area (Å²) in [5, 5.41) is 28.8. The molecule has 0 saturated heterocycles. The molecule has 0 aromatic heterocycles. The van der Waals surface area contributed by atoms with Gasteiger partial charge in [-0.2, -0.15) is 25.3 Å². The third-order valence-corrected chi connectivity index (χ3v) is 6.16. The Morgan fingerprint density at radius 1 is 0.789 bits per heavy atom. The van der Waals surface area contributed by atoms with E-state index in [9.17, 15) is 34.2 Å². The van der Waals surface area contributed by atoms with E-state index in [4.69, 9.17) is 5.73 Å². The average Bonchev–Trinajstić information content (AvgIpc) is 2.88. The van der Waals surface area contributed by atoms with E-state index in [-0.39, 0.29) is 30.3 Å². The first kappa shape index (κ1) is 33.2. The zero-order chi connectivity index (χ0) is 28.8. The monoisotopic (exact) mass is 571 g/mol. The second kappa shape index (κ2) is 16.9. The molecule has 1 rings (SSSR count). The summed E-state index contributed by atoms with van der Waals surface area (Å²) in [6.07, 6.45) is 0.167. The minimum Gasteiger partial charge on any atom is -0.480 e. The number of nitrogens with two attached hydrogens (primary N) is 1. The first-order valence-electron chi connectivity index (χ1n) is 12.0. The van der Waals surface area contributed by atoms with E-state index in [1.807, 2.05) is 0 Å². The van der Waals surface area contributed by atoms with Crippen LogP contribution < -0.4 is 27.0 Å². The molecule has 1 aromatic rings. The molecular formula is C24H37N5O7S2. The van der Waals surface area contributed by atoms with Crippen LogP contribution in [0.2, 0.25) is 0 Å². The fourth-order valence-electron chi connectivity index (χ4n) is 3.32. The van der Waals surface area contributed by atoms with Crippen molar-refractivity contribution >= 4 is 54.9 Å². The van der Waals surface area contributed by atoms with Gasteiger partial charge in [0.15, 0.2) is 0 Å². The van der Waals surface area contributed by atoms with Gasteiger partial charge in [-0.25, -0.2) is 4.79 Å². The highest BCUT2D eigenvalue weighted by Crippen LogP contribution is 2.07. The molecule has 1 aromatic carbocycles. The van der Waals surface area contributed by atoms with Crippen LogP contribution in [0, 0.1) is 5.92 Å². The van der Waals surface area contributed by atoms with E-state index in [1.165, 1.54) is 0 Å². The lowest BCUT2D eigenvalue weighted by Gasteiger charge is -2.25. The summed E-state index contributed by atoms with van der Waals surface area (Å²) in [7, 11) is 0. The normalized spacial score (nSPS) is 14.9. The van der Waals surface area contributed by atoms with Crippen molar-refractivity contribution < 1.29 is 34.2 Å². The molecule has 0 unspecified atom stereocenters. The minimum absolute atomic E-state index is 0.0205. The summed E-state index contributed by atoms with van der Waals surface area (Å²) in [6.45, 7) is 2.77. The van der Waals surface area contributed by atoms with Crippen LogP contribution in [0.15, 0.2) is 30.3 Å². The lowest BCUT2D eigenvalue weighted by Crippen LogP contribution is -2.60. The molecule has 0 aliphatic rings. The Hall–Kier alpha value is -2.81. The van der Waals surface area contributed by atoms with E-state index in [0.29, 0.717) is 5.56 Å². The van der Waals surface area contributed by atoms with Gasteiger partial charge in [-0.15, -0.1) is 0 Å². The number of carbonyl (C=O) groups excluding carboxylic acids is 4. The molecule has 12 nitrogen and oxygen atoms in total. The average molecular weight is 572 g/mol. The number of aliphatic carboxylic acids is 1. The van der Waals surface area contributed by atoms with Gasteiger partial charge >= 0.3 is 5.97 Å². The zero-order valence-electron chi connectivity index (χ0n) is 21.3. The van der Waals surface area contributed by atoms with Gasteiger partial charge in [-0.1, -0.05) is 44.2 Å². The number of aliphatic hydroxyl groups is 1. The Kier molecular flexibility index (Phi) is 14.8. The predicted octanol–water partition coefficient (Wildman–Crippen LogP) is -1.52. The Balaban J connectivity index is 3.06. The summed E-state index contributed by atoms with van der Waals surface area (Å²) < 4.78 is 0. The quantitative estimate of drug-likeness (QED) is 0.106. The summed E-state index contributed by atoms with van der Waals surface area (Å²) >= 11 is 8.06. The van der Waals surface area contributed by atoms with Gasteiger partial charge in [0.1, 0.15) is 24.2 Å². The van der Waals surface area contributed by atoms with E-state index in [2.05, 4.69) is 46.5 Å². The Bertz CT molecular complexity index is 951. The van der Waals surface area contributed by atoms with Crippen LogP contribution in [0.5, 0.6) is 0 Å². The van der Waals surface area contributed by atoms with Crippen molar-refractivity contribution in [3.63, 3.8) is 0 Å². The molecule has 0 spiro atoms. The van der Waals surface area contributed by atoms with Crippen molar-refractivity contribution in [2.45, 2.75) is 56.9 Å². The third kappa shape index (κ3) is 11.3. The second-order valence-electron chi connectivity index (χ2n) is 9.06. The van der Waals surface area contributed by atoms with Crippen LogP contribution in [0.4, 0.5) is 0 Å². The highest BCUT2D eigenvalue weighted by molar-refractivity contribution is 7.80. The van der Waals surface area contributed by atoms with Crippen molar-refractivity contribution in [2.24, 2.45) is 11.7 Å². The molecule has 0 aliphatic carbocycles. The van der Waals surface area contributed by atoms with Gasteiger partial charge in [-0.05, 0) is 17.9 Å². The van der Waals surface area contributed by atoms with Crippen LogP contribution in [0.3, 0.4) is 0 Å². The highest BCUT2D eigenvalue weighted by Gasteiger charge is 2.31. The van der Waals surface area contributed by atoms with Crippen molar-refractivity contribution in [3.8, 4) is 0 Å². The largest absolute Gasteiger partial charge is 0.480 e. The number of hydrogen-bond donors (Lipinski definition) is 9. The standard InChI is InChI=1S/C24H37N5O7S2/c1-13(2)8-17(24(35)36)27-22(33)18(10-30)28-21(32)16(9-14-6-4-3-5-7-14)26-23(34)19(12-38)29-20(31)15(25)11-37/h3-7,13,15-19,30,37-38H,8-12,25H2,1-2H3,(H,26,34)(H,27,33)(H,28,32)(H,29,31)(H,35,36)/t15-,16-,17-,18-,19-/m0/s1. The number of benzene rings is 1. The maximum atomic E-state index is 13.2. The molecule has 8 N–H and O–H groups in total. The van der Waals surface area contributed by atoms with Crippen LogP contribution in [0.25, 0.3) is 0 Å². The Morgan fingerprint density at radius 2 is 1.29 bits per heavy atom. The molecule has 0 radical (unpaired) electrons. The smallest absolute Gasteiger partial charge is 0.326 e. The number of nitrogens with one attached hydrogen (secondary N) is 4. The van der Waals surface area contributed by atoms with E-state index in [0.717, 1.165) is 0 Å². The van der Waals surface area contributed by atoms with Gasteiger partial charge in [-0.3, -0.25) is 19.2 Å². The van der Waals surface area contributed by atoms with Crippen molar-refractivity contribution in [1.82, 2.24) is 21.3 Å². The first-order valence-corrected chi connectivity index (χ1v) is 13.3. The highest BCUT2D eigenvalue weighted by atomic mass is 32.1. The molecule has 0 saturated carbocycles. The number of thiol groups is 2. The van der Waals surface area contributed by atoms with Gasteiger partial charge < -0.3 is 37.2 Å². The fourth-order valence-corrected chi connectivity index (χ4v) is 3.74. The maximum Gasteiger partial charge on any atom is 0.326 e. The first-order chi connectivity index (χ1) is 17.9. The number of carbonyl (C=O) groups is 5. The molecule has 212 valence electrons. The summed E-state index contributed by atoms with van der Waals surface area (Å²) in [6, 6.07) is 2.76. The van der Waals surface area contributed by atoms with Crippen LogP contribution in [0.1, 0.15) is 25.8 Å². The number of carboxylic acids is 1. The lowest BCUT2D eigenvalue weighted by atomic mass is 10.0. The van der Waals surface area contributed by atoms with Gasteiger partial charge in [0, 0.05) is 17.9 Å². The lowest BCUT2D eigenvalue weighted by molar-refractivity contribution is -0.143. The molecule has 0 bridgehead atoms. The molecule has 38 heavy (non-hydrogen) atoms. The molecule has 4 amide bonds. The number of hydrogen-bond acceptors (Lipinski definition) is 9. The maximum absolute atomic E-state index is 13.2. The predicted molar refractivity (Wildman–Crippen MR) is 148 cm³/mol. The SMILES string of the molecule is CC(C)C[C@H](NC(=O)[C@H](CO)NC(=O)[C@H](Cc1ccccc1)NC(=O)[C@H](CS)NC(=O)[C@@H](N)CS)C(=O)O. The van der Waals surface area contributed by atoms with Crippen molar-refractivity contribution in [2.75, 3.05) is 18.1 Å². The number of amides is 4. The van der Waals surface area contributed by atoms with Crippen LogP contribution >= 0.6 is 25.3 Å². The Labute approximate surface area is 232 Å². The molecule has 0 heterocycles. The van der Waals surface area contributed by atoms with Crippen LogP contribution in [-0.2, 0) is 30.4 Å². The summed E-state index contributed by atoms with van der Waals surface area (Å²) in [5.74, 6) is -4.36. The molecule has 0 aliphatic heterocycles. The van der Waals surface area contributed by atoms with Gasteiger partial charge in [0.05, 0.1) is 12.6 Å². The van der Waals surface area contributed by atoms with Crippen molar-refractivity contribution in [3.05, 3.63) is 35.9 Å². The third-order valence-electron chi connectivity index (χ3n) is 5.40. The number of rotatable bonds is 16. The molecular weight excluding hydrogens is 534 g/mol. The zero-order valence-corrected chi connectivity index (χ0v) is 23.1. The molecule has 14 heteroatoms. The topological polar surface area (TPSA) is 200 Å². The number of aliphatic hydroxyl groups excluding tert-OH is 1. The molecule has 5 atom stereocenters. The minimum atomic E-state index is -1.47. The number of carboxylic acid groups (broad SMARTS) is 1. The van der Waals surface area contributed by atoms with Gasteiger partial charge in [0.25, 0.3) is 0 Å². The fraction of sp³-hybridized carbons (Fsp3) is 0.542. The van der Waals surface area contributed by atoms with E-state index < -0.39 is 66.4 Å². The summed E-state index contributed by atoms with van der Waals surface area (Å²) in [4.78, 5) is 62.4. The van der Waals surface area contributed by atoms with Gasteiger partial charge in [0.2, 0.25) is 23.6 Å². The van der Waals surface area contributed by atoms with E-state index >= 15 is 0 Å². The van der Waals surface area contributed by atoms with E-state index in [1.54, 1.807) is 44.2 Å². The van der Waals surface area contributed by atoms with Crippen LogP contribution in [-0.4, -0.2) is 88.1 Å². The summed E-state index contributed by atoms with van der Waals surface area (Å²) in [5.41, 5.74) is 6.33. The molecule has 0 fully saturated rings.